The molecule has 0 spiro atoms. The van der Waals surface area contributed by atoms with Crippen LogP contribution in [0.15, 0.2) is 0 Å². The Labute approximate surface area is 116 Å². The fourth-order valence-electron chi connectivity index (χ4n) is 1.66. The van der Waals surface area contributed by atoms with Crippen molar-refractivity contribution in [2.24, 2.45) is 0 Å². The summed E-state index contributed by atoms with van der Waals surface area (Å²) in [7, 11) is 0. The summed E-state index contributed by atoms with van der Waals surface area (Å²) < 4.78 is 36.4. The van der Waals surface area contributed by atoms with E-state index in [9.17, 15) is 22.8 Å². The number of alkyl halides is 3. The van der Waals surface area contributed by atoms with Gasteiger partial charge >= 0.3 is 18.1 Å². The molecule has 0 unspecified atom stereocenters. The Bertz CT molecular complexity index is 510. The molecule has 0 aliphatic rings. The highest BCUT2D eigenvalue weighted by Gasteiger charge is 2.39. The zero-order chi connectivity index (χ0) is 15.5. The Morgan fingerprint density at radius 3 is 2.30 bits per heavy atom. The number of nitrogens with one attached hydrogen (secondary N) is 1. The summed E-state index contributed by atoms with van der Waals surface area (Å²) in [6.07, 6.45) is -3.83. The number of aromatic carboxylic acids is 1. The van der Waals surface area contributed by atoms with Gasteiger partial charge in [-0.05, 0) is 12.8 Å². The summed E-state index contributed by atoms with van der Waals surface area (Å²) >= 11 is 0.529. The highest BCUT2D eigenvalue weighted by atomic mass is 32.1. The van der Waals surface area contributed by atoms with Crippen molar-refractivity contribution in [2.75, 3.05) is 5.32 Å². The van der Waals surface area contributed by atoms with Gasteiger partial charge in [-0.15, -0.1) is 0 Å². The van der Waals surface area contributed by atoms with Gasteiger partial charge in [0.1, 0.15) is 4.88 Å². The molecule has 0 saturated carbocycles. The Morgan fingerprint density at radius 1 is 1.35 bits per heavy atom. The fraction of sp³-hybridized carbons (Fsp3) is 0.545. The zero-order valence-corrected chi connectivity index (χ0v) is 11.6. The average molecular weight is 310 g/mol. The van der Waals surface area contributed by atoms with E-state index in [2.05, 4.69) is 4.98 Å². The molecule has 1 aromatic heterocycles. The maximum Gasteiger partial charge on any atom is 0.471 e. The first-order chi connectivity index (χ1) is 9.20. The monoisotopic (exact) mass is 310 g/mol. The molecule has 0 aromatic carbocycles. The molecule has 0 atom stereocenters. The van der Waals surface area contributed by atoms with E-state index in [1.165, 1.54) is 0 Å². The Balaban J connectivity index is 3.10. The maximum absolute atomic E-state index is 12.1. The zero-order valence-electron chi connectivity index (χ0n) is 10.7. The van der Waals surface area contributed by atoms with Crippen molar-refractivity contribution in [3.05, 3.63) is 10.6 Å². The first-order valence-electron chi connectivity index (χ1n) is 5.82. The molecule has 2 N–H and O–H groups in total. The number of rotatable bonds is 5. The number of amides is 1. The van der Waals surface area contributed by atoms with E-state index in [1.807, 2.05) is 13.8 Å². The second-order valence-electron chi connectivity index (χ2n) is 4.00. The van der Waals surface area contributed by atoms with Gasteiger partial charge < -0.3 is 5.11 Å². The number of hydrogen-bond donors (Lipinski definition) is 2. The van der Waals surface area contributed by atoms with E-state index < -0.39 is 18.1 Å². The maximum atomic E-state index is 12.1. The number of carbonyl (C=O) groups excluding carboxylic acids is 1. The normalized spacial score (nSPS) is 11.7. The third kappa shape index (κ3) is 3.69. The van der Waals surface area contributed by atoms with Crippen LogP contribution in [0.5, 0.6) is 0 Å². The van der Waals surface area contributed by atoms with E-state index in [0.29, 0.717) is 24.2 Å². The fourth-order valence-corrected chi connectivity index (χ4v) is 2.54. The van der Waals surface area contributed by atoms with Gasteiger partial charge in [0.15, 0.2) is 5.13 Å². The highest BCUT2D eigenvalue weighted by Crippen LogP contribution is 2.32. The summed E-state index contributed by atoms with van der Waals surface area (Å²) in [5, 5.41) is 10.3. The third-order valence-corrected chi connectivity index (χ3v) is 3.67. The van der Waals surface area contributed by atoms with E-state index in [4.69, 9.17) is 5.11 Å². The summed E-state index contributed by atoms with van der Waals surface area (Å²) in [6.45, 7) is 3.65. The van der Waals surface area contributed by atoms with Gasteiger partial charge in [0.25, 0.3) is 0 Å². The molecule has 1 heterocycles. The molecule has 0 fully saturated rings. The largest absolute Gasteiger partial charge is 0.477 e. The van der Waals surface area contributed by atoms with Crippen LogP contribution < -0.4 is 5.32 Å². The second-order valence-corrected chi connectivity index (χ2v) is 5.00. The molecule has 1 amide bonds. The van der Waals surface area contributed by atoms with Gasteiger partial charge in [-0.1, -0.05) is 25.2 Å². The predicted molar refractivity (Wildman–Crippen MR) is 67.1 cm³/mol. The van der Waals surface area contributed by atoms with E-state index >= 15 is 0 Å². The second kappa shape index (κ2) is 6.21. The lowest BCUT2D eigenvalue weighted by atomic mass is 9.98. The van der Waals surface area contributed by atoms with E-state index in [1.54, 1.807) is 5.32 Å². The molecule has 1 rings (SSSR count). The smallest absolute Gasteiger partial charge is 0.471 e. The molecular weight excluding hydrogens is 297 g/mol. The lowest BCUT2D eigenvalue weighted by Gasteiger charge is -2.09. The number of halogens is 3. The lowest BCUT2D eigenvalue weighted by molar-refractivity contribution is -0.167. The van der Waals surface area contributed by atoms with Gasteiger partial charge in [-0.3, -0.25) is 10.1 Å². The lowest BCUT2D eigenvalue weighted by Crippen LogP contribution is -2.29. The van der Waals surface area contributed by atoms with Crippen LogP contribution in [0.25, 0.3) is 0 Å². The number of nitrogens with zero attached hydrogens (tertiary/aromatic N) is 1. The molecule has 0 saturated heterocycles. The summed E-state index contributed by atoms with van der Waals surface area (Å²) in [6, 6.07) is 0. The molecular formula is C11H13F3N2O3S. The number of aromatic nitrogens is 1. The molecule has 5 nitrogen and oxygen atoms in total. The number of carbonyl (C=O) groups is 2. The Morgan fingerprint density at radius 2 is 1.90 bits per heavy atom. The van der Waals surface area contributed by atoms with Crippen molar-refractivity contribution in [3.8, 4) is 0 Å². The molecule has 0 bridgehead atoms. The van der Waals surface area contributed by atoms with Crippen LogP contribution in [-0.4, -0.2) is 28.1 Å². The summed E-state index contributed by atoms with van der Waals surface area (Å²) in [5.74, 6) is -3.61. The first-order valence-corrected chi connectivity index (χ1v) is 6.64. The highest BCUT2D eigenvalue weighted by molar-refractivity contribution is 7.17. The molecule has 0 aliphatic carbocycles. The van der Waals surface area contributed by atoms with Gasteiger partial charge in [0.05, 0.1) is 5.69 Å². The average Bonchev–Trinajstić information content (AvgIpc) is 2.73. The Kier molecular flexibility index (Phi) is 5.09. The quantitative estimate of drug-likeness (QED) is 0.875. The van der Waals surface area contributed by atoms with Gasteiger partial charge in [-0.2, -0.15) is 13.2 Å². The van der Waals surface area contributed by atoms with Crippen LogP contribution in [-0.2, 0) is 4.79 Å². The van der Waals surface area contributed by atoms with Crippen molar-refractivity contribution in [2.45, 2.75) is 38.8 Å². The molecule has 112 valence electrons. The van der Waals surface area contributed by atoms with E-state index in [-0.39, 0.29) is 21.6 Å². The van der Waals surface area contributed by atoms with Gasteiger partial charge in [0, 0.05) is 5.92 Å². The third-order valence-electron chi connectivity index (χ3n) is 2.70. The first kappa shape index (κ1) is 16.4. The minimum absolute atomic E-state index is 0.142. The molecule has 1 aromatic rings. The Hall–Kier alpha value is -1.64. The van der Waals surface area contributed by atoms with Crippen molar-refractivity contribution < 1.29 is 27.9 Å². The van der Waals surface area contributed by atoms with Crippen LogP contribution >= 0.6 is 11.3 Å². The molecule has 0 aliphatic heterocycles. The minimum Gasteiger partial charge on any atom is -0.477 e. The topological polar surface area (TPSA) is 79.3 Å². The summed E-state index contributed by atoms with van der Waals surface area (Å²) in [5.41, 5.74) is 0.213. The minimum atomic E-state index is -5.04. The van der Waals surface area contributed by atoms with Crippen LogP contribution in [0.2, 0.25) is 0 Å². The van der Waals surface area contributed by atoms with Crippen molar-refractivity contribution in [1.29, 1.82) is 0 Å². The number of carboxylic acids is 1. The SMILES string of the molecule is CCC(CC)c1nc(NC(=O)C(F)(F)F)sc1C(=O)O. The summed E-state index contributed by atoms with van der Waals surface area (Å²) in [4.78, 5) is 25.6. The molecule has 20 heavy (non-hydrogen) atoms. The molecule has 0 radical (unpaired) electrons. The number of thiazole rings is 1. The number of hydrogen-bond acceptors (Lipinski definition) is 4. The van der Waals surface area contributed by atoms with Crippen molar-refractivity contribution >= 4 is 28.3 Å². The van der Waals surface area contributed by atoms with Crippen molar-refractivity contribution in [3.63, 3.8) is 0 Å². The predicted octanol–water partition coefficient (Wildman–Crippen LogP) is 3.25. The van der Waals surface area contributed by atoms with Crippen molar-refractivity contribution in [1.82, 2.24) is 4.98 Å². The van der Waals surface area contributed by atoms with Crippen LogP contribution in [0, 0.1) is 0 Å². The van der Waals surface area contributed by atoms with Gasteiger partial charge in [0.2, 0.25) is 0 Å². The van der Waals surface area contributed by atoms with Gasteiger partial charge in [-0.25, -0.2) is 9.78 Å². The van der Waals surface area contributed by atoms with Crippen LogP contribution in [0.1, 0.15) is 48.0 Å². The number of carboxylic acid groups (broad SMARTS) is 1. The van der Waals surface area contributed by atoms with Crippen LogP contribution in [0.3, 0.4) is 0 Å². The number of anilines is 1. The van der Waals surface area contributed by atoms with E-state index in [0.717, 1.165) is 0 Å². The standard InChI is InChI=1S/C11H13F3N2O3S/c1-3-5(4-2)6-7(8(17)18)20-10(15-6)16-9(19)11(12,13)14/h5H,3-4H2,1-2H3,(H,17,18)(H,15,16,19). The van der Waals surface area contributed by atoms with Crippen LogP contribution in [0.4, 0.5) is 18.3 Å². The molecule has 9 heteroatoms.